The third-order valence-corrected chi connectivity index (χ3v) is 2.98. The van der Waals surface area contributed by atoms with E-state index >= 15 is 0 Å². The summed E-state index contributed by atoms with van der Waals surface area (Å²) >= 11 is 0. The Morgan fingerprint density at radius 3 is 2.75 bits per heavy atom. The van der Waals surface area contributed by atoms with Gasteiger partial charge in [-0.25, -0.2) is 8.78 Å². The minimum Gasteiger partial charge on any atom is -0.481 e. The van der Waals surface area contributed by atoms with Gasteiger partial charge in [0.2, 0.25) is 0 Å². The van der Waals surface area contributed by atoms with Gasteiger partial charge in [-0.3, -0.25) is 9.48 Å². The Labute approximate surface area is 90.9 Å². The van der Waals surface area contributed by atoms with Crippen LogP contribution in [-0.4, -0.2) is 20.9 Å². The first-order valence-electron chi connectivity index (χ1n) is 4.98. The minimum atomic E-state index is -2.65. The number of carboxylic acid groups (broad SMARTS) is 1. The van der Waals surface area contributed by atoms with Gasteiger partial charge in [-0.1, -0.05) is 0 Å². The van der Waals surface area contributed by atoms with Crippen LogP contribution in [0.25, 0.3) is 0 Å². The number of alkyl halides is 2. The summed E-state index contributed by atoms with van der Waals surface area (Å²) in [6.07, 6.45) is 0.0492. The predicted molar refractivity (Wildman–Crippen MR) is 51.3 cm³/mol. The second-order valence-corrected chi connectivity index (χ2v) is 4.25. The largest absolute Gasteiger partial charge is 0.481 e. The molecule has 88 valence electrons. The third kappa shape index (κ3) is 1.79. The van der Waals surface area contributed by atoms with Crippen LogP contribution in [-0.2, 0) is 17.3 Å². The van der Waals surface area contributed by atoms with Crippen molar-refractivity contribution in [2.45, 2.75) is 31.1 Å². The Kier molecular flexibility index (Phi) is 2.44. The van der Waals surface area contributed by atoms with E-state index in [1.807, 2.05) is 0 Å². The number of hydrogen-bond donors (Lipinski definition) is 1. The van der Waals surface area contributed by atoms with E-state index in [1.54, 1.807) is 7.05 Å². The van der Waals surface area contributed by atoms with Crippen molar-refractivity contribution in [3.05, 3.63) is 17.5 Å². The summed E-state index contributed by atoms with van der Waals surface area (Å²) in [4.78, 5) is 10.7. The molecule has 1 aliphatic carbocycles. The highest BCUT2D eigenvalue weighted by atomic mass is 19.3. The Hall–Kier alpha value is -1.46. The molecule has 0 aromatic carbocycles. The van der Waals surface area contributed by atoms with Gasteiger partial charge in [0, 0.05) is 24.2 Å². The van der Waals surface area contributed by atoms with Crippen molar-refractivity contribution in [1.29, 1.82) is 0 Å². The SMILES string of the molecule is Cn1cc(C2(CC(=O)O)CC2)c(C(F)F)n1. The van der Waals surface area contributed by atoms with Gasteiger partial charge in [0.25, 0.3) is 6.43 Å². The second-order valence-electron chi connectivity index (χ2n) is 4.25. The molecule has 1 N–H and O–H groups in total. The van der Waals surface area contributed by atoms with Gasteiger partial charge in [-0.05, 0) is 12.8 Å². The highest BCUT2D eigenvalue weighted by Crippen LogP contribution is 2.53. The molecule has 0 amide bonds. The first-order chi connectivity index (χ1) is 7.44. The molecule has 1 fully saturated rings. The van der Waals surface area contributed by atoms with E-state index in [-0.39, 0.29) is 12.1 Å². The summed E-state index contributed by atoms with van der Waals surface area (Å²) in [5.41, 5.74) is -0.486. The lowest BCUT2D eigenvalue weighted by molar-refractivity contribution is -0.137. The van der Waals surface area contributed by atoms with Crippen molar-refractivity contribution in [2.24, 2.45) is 7.05 Å². The number of carbonyl (C=O) groups is 1. The monoisotopic (exact) mass is 230 g/mol. The van der Waals surface area contributed by atoms with E-state index in [1.165, 1.54) is 10.9 Å². The molecular weight excluding hydrogens is 218 g/mol. The first kappa shape index (κ1) is 11.0. The van der Waals surface area contributed by atoms with Crippen molar-refractivity contribution >= 4 is 5.97 Å². The quantitative estimate of drug-likeness (QED) is 0.858. The van der Waals surface area contributed by atoms with E-state index in [4.69, 9.17) is 5.11 Å². The van der Waals surface area contributed by atoms with E-state index < -0.39 is 17.8 Å². The molecule has 0 spiro atoms. The lowest BCUT2D eigenvalue weighted by Gasteiger charge is -2.11. The highest BCUT2D eigenvalue weighted by molar-refractivity contribution is 5.70. The molecule has 0 radical (unpaired) electrons. The maximum absolute atomic E-state index is 12.7. The average Bonchev–Trinajstić information content (AvgIpc) is 2.79. The zero-order valence-corrected chi connectivity index (χ0v) is 8.78. The minimum absolute atomic E-state index is 0.0988. The summed E-state index contributed by atoms with van der Waals surface area (Å²) in [5, 5.41) is 12.5. The number of aromatic nitrogens is 2. The summed E-state index contributed by atoms with van der Waals surface area (Å²) in [6.45, 7) is 0. The topological polar surface area (TPSA) is 55.1 Å². The molecule has 0 unspecified atom stereocenters. The third-order valence-electron chi connectivity index (χ3n) is 2.98. The average molecular weight is 230 g/mol. The molecule has 2 rings (SSSR count). The van der Waals surface area contributed by atoms with Crippen LogP contribution in [0.1, 0.15) is 36.9 Å². The van der Waals surface area contributed by atoms with E-state index in [9.17, 15) is 13.6 Å². The van der Waals surface area contributed by atoms with Gasteiger partial charge in [0.15, 0.2) is 0 Å². The normalized spacial score (nSPS) is 17.8. The van der Waals surface area contributed by atoms with E-state index in [2.05, 4.69) is 5.10 Å². The van der Waals surface area contributed by atoms with E-state index in [0.29, 0.717) is 18.4 Å². The van der Waals surface area contributed by atoms with Crippen LogP contribution in [0.5, 0.6) is 0 Å². The van der Waals surface area contributed by atoms with Crippen molar-refractivity contribution < 1.29 is 18.7 Å². The molecule has 0 aliphatic heterocycles. The standard InChI is InChI=1S/C10H12F2N2O2/c1-14-5-6(8(13-14)9(11)12)10(2-3-10)4-7(15)16/h5,9H,2-4H2,1H3,(H,15,16). The maximum Gasteiger partial charge on any atom is 0.304 e. The molecule has 1 saturated carbocycles. The van der Waals surface area contributed by atoms with Gasteiger partial charge in [-0.15, -0.1) is 0 Å². The zero-order valence-electron chi connectivity index (χ0n) is 8.78. The Morgan fingerprint density at radius 2 is 2.31 bits per heavy atom. The van der Waals surface area contributed by atoms with Crippen LogP contribution < -0.4 is 0 Å². The molecule has 1 aromatic heterocycles. The summed E-state index contributed by atoms with van der Waals surface area (Å²) < 4.78 is 26.7. The molecular formula is C10H12F2N2O2. The molecule has 0 bridgehead atoms. The highest BCUT2D eigenvalue weighted by Gasteiger charge is 2.49. The van der Waals surface area contributed by atoms with Gasteiger partial charge >= 0.3 is 5.97 Å². The van der Waals surface area contributed by atoms with Crippen LogP contribution in [0.15, 0.2) is 6.20 Å². The maximum atomic E-state index is 12.7. The van der Waals surface area contributed by atoms with Crippen LogP contribution in [0.2, 0.25) is 0 Å². The molecule has 0 atom stereocenters. The Morgan fingerprint density at radius 1 is 1.69 bits per heavy atom. The van der Waals surface area contributed by atoms with Crippen LogP contribution in [0.3, 0.4) is 0 Å². The second kappa shape index (κ2) is 3.54. The Balaban J connectivity index is 2.36. The van der Waals surface area contributed by atoms with Crippen LogP contribution >= 0.6 is 0 Å². The zero-order chi connectivity index (χ0) is 11.9. The molecule has 4 nitrogen and oxygen atoms in total. The molecule has 16 heavy (non-hydrogen) atoms. The fraction of sp³-hybridized carbons (Fsp3) is 0.600. The number of nitrogens with zero attached hydrogens (tertiary/aromatic N) is 2. The van der Waals surface area contributed by atoms with Crippen molar-refractivity contribution in [3.63, 3.8) is 0 Å². The number of aliphatic carboxylic acids is 1. The van der Waals surface area contributed by atoms with Crippen LogP contribution in [0, 0.1) is 0 Å². The van der Waals surface area contributed by atoms with Gasteiger partial charge in [0.1, 0.15) is 5.69 Å². The number of aryl methyl sites for hydroxylation is 1. The van der Waals surface area contributed by atoms with Gasteiger partial charge in [-0.2, -0.15) is 5.10 Å². The Bertz CT molecular complexity index is 424. The van der Waals surface area contributed by atoms with Crippen molar-refractivity contribution in [1.82, 2.24) is 9.78 Å². The number of carboxylic acids is 1. The lowest BCUT2D eigenvalue weighted by Crippen LogP contribution is -2.14. The molecule has 0 saturated heterocycles. The summed E-state index contributed by atoms with van der Waals surface area (Å²) in [7, 11) is 1.56. The molecule has 1 aliphatic rings. The summed E-state index contributed by atoms with van der Waals surface area (Å²) in [5.74, 6) is -0.957. The number of hydrogen-bond acceptors (Lipinski definition) is 2. The van der Waals surface area contributed by atoms with Gasteiger partial charge < -0.3 is 5.11 Å². The van der Waals surface area contributed by atoms with Crippen LogP contribution in [0.4, 0.5) is 8.78 Å². The first-order valence-corrected chi connectivity index (χ1v) is 4.98. The fourth-order valence-corrected chi connectivity index (χ4v) is 2.06. The van der Waals surface area contributed by atoms with Gasteiger partial charge in [0.05, 0.1) is 6.42 Å². The van der Waals surface area contributed by atoms with E-state index in [0.717, 1.165) is 0 Å². The van der Waals surface area contributed by atoms with Crippen molar-refractivity contribution in [2.75, 3.05) is 0 Å². The predicted octanol–water partition coefficient (Wildman–Crippen LogP) is 1.86. The summed E-state index contributed by atoms with van der Waals surface area (Å²) in [6, 6.07) is 0. The molecule has 1 heterocycles. The number of rotatable bonds is 4. The lowest BCUT2D eigenvalue weighted by atomic mass is 9.93. The fourth-order valence-electron chi connectivity index (χ4n) is 2.06. The molecule has 1 aromatic rings. The number of halogens is 2. The van der Waals surface area contributed by atoms with Crippen molar-refractivity contribution in [3.8, 4) is 0 Å². The molecule has 6 heteroatoms. The smallest absolute Gasteiger partial charge is 0.304 e.